The molecule has 5 nitrogen and oxygen atoms in total. The lowest BCUT2D eigenvalue weighted by Gasteiger charge is -2.32. The summed E-state index contributed by atoms with van der Waals surface area (Å²) < 4.78 is 18.6. The van der Waals surface area contributed by atoms with E-state index in [2.05, 4.69) is 27.3 Å². The van der Waals surface area contributed by atoms with Gasteiger partial charge in [0.25, 0.3) is 0 Å². The number of piperidine rings is 1. The number of likely N-dealkylation sites (tertiary alicyclic amines) is 1. The summed E-state index contributed by atoms with van der Waals surface area (Å²) in [6.07, 6.45) is 3.63. The molecule has 1 amide bonds. The van der Waals surface area contributed by atoms with Crippen molar-refractivity contribution in [1.82, 2.24) is 15.2 Å². The molecule has 0 aliphatic carbocycles. The second-order valence-corrected chi connectivity index (χ2v) is 7.84. The maximum atomic E-state index is 13.0. The van der Waals surface area contributed by atoms with Crippen LogP contribution in [-0.4, -0.2) is 28.9 Å². The fraction of sp³-hybridized carbons (Fsp3) is 0.280. The minimum Gasteiger partial charge on any atom is -0.439 e. The van der Waals surface area contributed by atoms with Crippen molar-refractivity contribution < 1.29 is 13.9 Å². The SMILES string of the molecule is O=C(NCc1ccc(Oc2ccc(F)cc2)nc1)C1CCCN(Cc2ccccc2)C1. The molecule has 0 bridgehead atoms. The van der Waals surface area contributed by atoms with Gasteiger partial charge in [-0.2, -0.15) is 0 Å². The first-order valence-corrected chi connectivity index (χ1v) is 10.6. The number of aromatic nitrogens is 1. The Morgan fingerprint density at radius 2 is 1.87 bits per heavy atom. The van der Waals surface area contributed by atoms with Gasteiger partial charge in [0, 0.05) is 31.9 Å². The van der Waals surface area contributed by atoms with Crippen LogP contribution >= 0.6 is 0 Å². The van der Waals surface area contributed by atoms with Gasteiger partial charge in [-0.05, 0) is 54.8 Å². The van der Waals surface area contributed by atoms with Crippen molar-refractivity contribution in [1.29, 1.82) is 0 Å². The average Bonchev–Trinajstić information content (AvgIpc) is 2.81. The van der Waals surface area contributed by atoms with Gasteiger partial charge in [-0.15, -0.1) is 0 Å². The van der Waals surface area contributed by atoms with Gasteiger partial charge in [0.1, 0.15) is 11.6 Å². The molecule has 1 aromatic heterocycles. The van der Waals surface area contributed by atoms with Crippen molar-refractivity contribution in [3.05, 3.63) is 89.9 Å². The highest BCUT2D eigenvalue weighted by atomic mass is 19.1. The van der Waals surface area contributed by atoms with Crippen molar-refractivity contribution in [2.24, 2.45) is 5.92 Å². The average molecular weight is 420 g/mol. The largest absolute Gasteiger partial charge is 0.439 e. The van der Waals surface area contributed by atoms with E-state index in [0.717, 1.165) is 38.0 Å². The van der Waals surface area contributed by atoms with Crippen LogP contribution in [0.25, 0.3) is 0 Å². The zero-order valence-corrected chi connectivity index (χ0v) is 17.3. The van der Waals surface area contributed by atoms with Gasteiger partial charge >= 0.3 is 0 Å². The van der Waals surface area contributed by atoms with E-state index in [1.165, 1.54) is 17.7 Å². The monoisotopic (exact) mass is 419 g/mol. The van der Waals surface area contributed by atoms with Gasteiger partial charge < -0.3 is 10.1 Å². The van der Waals surface area contributed by atoms with Crippen LogP contribution in [0, 0.1) is 11.7 Å². The summed E-state index contributed by atoms with van der Waals surface area (Å²) in [6, 6.07) is 19.8. The van der Waals surface area contributed by atoms with E-state index in [4.69, 9.17) is 4.74 Å². The highest BCUT2D eigenvalue weighted by molar-refractivity contribution is 5.78. The van der Waals surface area contributed by atoms with Crippen molar-refractivity contribution in [2.45, 2.75) is 25.9 Å². The summed E-state index contributed by atoms with van der Waals surface area (Å²) in [5, 5.41) is 3.04. The minimum atomic E-state index is -0.312. The highest BCUT2D eigenvalue weighted by Gasteiger charge is 2.25. The molecule has 0 saturated carbocycles. The minimum absolute atomic E-state index is 0.00602. The lowest BCUT2D eigenvalue weighted by atomic mass is 9.96. The number of ether oxygens (including phenoxy) is 1. The molecule has 6 heteroatoms. The van der Waals surface area contributed by atoms with E-state index >= 15 is 0 Å². The second-order valence-electron chi connectivity index (χ2n) is 7.84. The van der Waals surface area contributed by atoms with Crippen LogP contribution in [0.2, 0.25) is 0 Å². The Labute approximate surface area is 181 Å². The summed E-state index contributed by atoms with van der Waals surface area (Å²) >= 11 is 0. The number of pyridine rings is 1. The molecule has 1 N–H and O–H groups in total. The quantitative estimate of drug-likeness (QED) is 0.611. The molecule has 1 atom stereocenters. The number of hydrogen-bond acceptors (Lipinski definition) is 4. The number of amides is 1. The van der Waals surface area contributed by atoms with Crippen LogP contribution in [0.1, 0.15) is 24.0 Å². The summed E-state index contributed by atoms with van der Waals surface area (Å²) in [5.41, 5.74) is 2.18. The number of halogens is 1. The zero-order chi connectivity index (χ0) is 21.5. The van der Waals surface area contributed by atoms with E-state index in [9.17, 15) is 9.18 Å². The molecular weight excluding hydrogens is 393 g/mol. The highest BCUT2D eigenvalue weighted by Crippen LogP contribution is 2.21. The first kappa shape index (κ1) is 21.0. The third-order valence-corrected chi connectivity index (χ3v) is 5.43. The Balaban J connectivity index is 1.25. The number of nitrogens with one attached hydrogen (secondary N) is 1. The molecule has 1 saturated heterocycles. The number of benzene rings is 2. The number of carbonyl (C=O) groups excluding carboxylic acids is 1. The van der Waals surface area contributed by atoms with Crippen LogP contribution in [0.5, 0.6) is 11.6 Å². The molecule has 31 heavy (non-hydrogen) atoms. The maximum absolute atomic E-state index is 13.0. The van der Waals surface area contributed by atoms with Gasteiger partial charge in [0.2, 0.25) is 11.8 Å². The first-order valence-electron chi connectivity index (χ1n) is 10.6. The van der Waals surface area contributed by atoms with E-state index in [0.29, 0.717) is 18.2 Å². The van der Waals surface area contributed by atoms with Gasteiger partial charge in [0.15, 0.2) is 0 Å². The lowest BCUT2D eigenvalue weighted by Crippen LogP contribution is -2.42. The van der Waals surface area contributed by atoms with Crippen LogP contribution in [0.3, 0.4) is 0 Å². The number of rotatable bonds is 7. The molecular formula is C25H26FN3O2. The lowest BCUT2D eigenvalue weighted by molar-refractivity contribution is -0.126. The third kappa shape index (κ3) is 6.12. The molecule has 2 heterocycles. The van der Waals surface area contributed by atoms with Gasteiger partial charge in [-0.1, -0.05) is 36.4 Å². The molecule has 160 valence electrons. The molecule has 1 aliphatic heterocycles. The van der Waals surface area contributed by atoms with Crippen molar-refractivity contribution in [3.8, 4) is 11.6 Å². The van der Waals surface area contributed by atoms with Crippen LogP contribution in [0.4, 0.5) is 4.39 Å². The fourth-order valence-corrected chi connectivity index (χ4v) is 3.79. The summed E-state index contributed by atoms with van der Waals surface area (Å²) in [4.78, 5) is 19.3. The third-order valence-electron chi connectivity index (χ3n) is 5.43. The van der Waals surface area contributed by atoms with E-state index in [1.54, 1.807) is 24.4 Å². The van der Waals surface area contributed by atoms with Gasteiger partial charge in [-0.25, -0.2) is 9.37 Å². The normalized spacial score (nSPS) is 16.6. The molecule has 2 aromatic carbocycles. The Bertz CT molecular complexity index is 978. The zero-order valence-electron chi connectivity index (χ0n) is 17.3. The van der Waals surface area contributed by atoms with Crippen LogP contribution < -0.4 is 10.1 Å². The second kappa shape index (κ2) is 10.2. The molecule has 4 rings (SSSR count). The molecule has 1 fully saturated rings. The van der Waals surface area contributed by atoms with Crippen LogP contribution in [0.15, 0.2) is 72.9 Å². The van der Waals surface area contributed by atoms with Crippen LogP contribution in [-0.2, 0) is 17.9 Å². The van der Waals surface area contributed by atoms with E-state index < -0.39 is 0 Å². The van der Waals surface area contributed by atoms with Crippen molar-refractivity contribution >= 4 is 5.91 Å². The predicted molar refractivity (Wildman–Crippen MR) is 117 cm³/mol. The molecule has 1 aliphatic rings. The molecule has 3 aromatic rings. The molecule has 0 spiro atoms. The standard InChI is InChI=1S/C25H26FN3O2/c26-22-9-11-23(12-10-22)31-24-13-8-20(15-27-24)16-28-25(30)21-7-4-14-29(18-21)17-19-5-2-1-3-6-19/h1-3,5-6,8-13,15,21H,4,7,14,16-18H2,(H,28,30). The van der Waals surface area contributed by atoms with Crippen molar-refractivity contribution in [2.75, 3.05) is 13.1 Å². The smallest absolute Gasteiger partial charge is 0.224 e. The van der Waals surface area contributed by atoms with Crippen molar-refractivity contribution in [3.63, 3.8) is 0 Å². The predicted octanol–water partition coefficient (Wildman–Crippen LogP) is 4.54. The Hall–Kier alpha value is -3.25. The molecule has 1 unspecified atom stereocenters. The van der Waals surface area contributed by atoms with Gasteiger partial charge in [0.05, 0.1) is 5.92 Å². The maximum Gasteiger partial charge on any atom is 0.224 e. The van der Waals surface area contributed by atoms with Gasteiger partial charge in [-0.3, -0.25) is 9.69 Å². The summed E-state index contributed by atoms with van der Waals surface area (Å²) in [5.74, 6) is 0.723. The molecule has 0 radical (unpaired) electrons. The topological polar surface area (TPSA) is 54.5 Å². The summed E-state index contributed by atoms with van der Waals surface area (Å²) in [7, 11) is 0. The number of carbonyl (C=O) groups is 1. The van der Waals surface area contributed by atoms with E-state index in [1.807, 2.05) is 24.3 Å². The Morgan fingerprint density at radius 1 is 1.06 bits per heavy atom. The Morgan fingerprint density at radius 3 is 2.61 bits per heavy atom. The number of hydrogen-bond donors (Lipinski definition) is 1. The van der Waals surface area contributed by atoms with E-state index in [-0.39, 0.29) is 17.6 Å². The summed E-state index contributed by atoms with van der Waals surface area (Å²) in [6.45, 7) is 3.11. The first-order chi connectivity index (χ1) is 15.2. The Kier molecular flexibility index (Phi) is 6.89. The fourth-order valence-electron chi connectivity index (χ4n) is 3.79. The number of nitrogens with zero attached hydrogens (tertiary/aromatic N) is 2.